The van der Waals surface area contributed by atoms with Crippen molar-refractivity contribution in [3.05, 3.63) is 42.6 Å². The molecule has 0 aliphatic heterocycles. The molecule has 2 heterocycles. The fourth-order valence-electron chi connectivity index (χ4n) is 1.82. The summed E-state index contributed by atoms with van der Waals surface area (Å²) in [5, 5.41) is 2.17. The maximum absolute atomic E-state index is 5.13. The van der Waals surface area contributed by atoms with Gasteiger partial charge in [0, 0.05) is 23.0 Å². The second-order valence-electron chi connectivity index (χ2n) is 3.57. The Balaban J connectivity index is 2.47. The lowest BCUT2D eigenvalue weighted by Gasteiger charge is -2.04. The molecule has 0 atom stereocenters. The van der Waals surface area contributed by atoms with E-state index in [1.54, 1.807) is 13.3 Å². The van der Waals surface area contributed by atoms with Crippen LogP contribution in [0.5, 0.6) is 5.88 Å². The first-order valence-electron chi connectivity index (χ1n) is 5.07. The number of hydrogen-bond acceptors (Lipinski definition) is 3. The lowest BCUT2D eigenvalue weighted by Crippen LogP contribution is -1.89. The van der Waals surface area contributed by atoms with Crippen LogP contribution in [0.1, 0.15) is 0 Å². The summed E-state index contributed by atoms with van der Waals surface area (Å²) in [6.45, 7) is 0. The molecule has 78 valence electrons. The van der Waals surface area contributed by atoms with Crippen LogP contribution < -0.4 is 4.74 Å². The Kier molecular flexibility index (Phi) is 1.96. The fraction of sp³-hybridized carbons (Fsp3) is 0.0769. The number of rotatable bonds is 1. The number of pyridine rings is 2. The quantitative estimate of drug-likeness (QED) is 0.579. The molecular weight excluding hydrogens is 200 g/mol. The second kappa shape index (κ2) is 3.45. The molecule has 3 heteroatoms. The van der Waals surface area contributed by atoms with Crippen molar-refractivity contribution >= 4 is 21.8 Å². The zero-order valence-electron chi connectivity index (χ0n) is 8.84. The Labute approximate surface area is 92.7 Å². The van der Waals surface area contributed by atoms with Gasteiger partial charge in [0.25, 0.3) is 0 Å². The molecule has 0 fully saturated rings. The lowest BCUT2D eigenvalue weighted by molar-refractivity contribution is 0.399. The Bertz CT molecular complexity index is 664. The van der Waals surface area contributed by atoms with E-state index in [9.17, 15) is 0 Å². The average Bonchev–Trinajstić information content (AvgIpc) is 2.38. The number of aromatic nitrogens is 2. The zero-order chi connectivity index (χ0) is 11.0. The monoisotopic (exact) mass is 210 g/mol. The van der Waals surface area contributed by atoms with Gasteiger partial charge in [0.05, 0.1) is 12.6 Å². The average molecular weight is 210 g/mol. The summed E-state index contributed by atoms with van der Waals surface area (Å²) in [5.41, 5.74) is 1.80. The molecule has 0 saturated heterocycles. The highest BCUT2D eigenvalue weighted by atomic mass is 16.5. The van der Waals surface area contributed by atoms with Crippen molar-refractivity contribution in [1.82, 2.24) is 9.97 Å². The first-order chi connectivity index (χ1) is 7.88. The van der Waals surface area contributed by atoms with Crippen LogP contribution in [-0.2, 0) is 0 Å². The lowest BCUT2D eigenvalue weighted by atomic mass is 10.1. The van der Waals surface area contributed by atoms with E-state index in [1.165, 1.54) is 0 Å². The van der Waals surface area contributed by atoms with Gasteiger partial charge in [-0.05, 0) is 12.1 Å². The molecule has 0 radical (unpaired) electrons. The summed E-state index contributed by atoms with van der Waals surface area (Å²) in [6.07, 6.45) is 1.78. The minimum Gasteiger partial charge on any atom is -0.481 e. The first kappa shape index (κ1) is 9.09. The Morgan fingerprint density at radius 2 is 1.69 bits per heavy atom. The van der Waals surface area contributed by atoms with Gasteiger partial charge in [0.2, 0.25) is 5.88 Å². The van der Waals surface area contributed by atoms with Crippen LogP contribution in [0.3, 0.4) is 0 Å². The third-order valence-electron chi connectivity index (χ3n) is 2.62. The van der Waals surface area contributed by atoms with Gasteiger partial charge in [-0.15, -0.1) is 0 Å². The smallest absolute Gasteiger partial charge is 0.213 e. The SMILES string of the molecule is COc1ccc2ccc3cccnc3c2n1. The highest BCUT2D eigenvalue weighted by Gasteiger charge is 2.03. The third kappa shape index (κ3) is 1.29. The summed E-state index contributed by atoms with van der Waals surface area (Å²) >= 11 is 0. The molecule has 1 aromatic carbocycles. The van der Waals surface area contributed by atoms with Gasteiger partial charge in [-0.25, -0.2) is 4.98 Å². The zero-order valence-corrected chi connectivity index (χ0v) is 8.84. The van der Waals surface area contributed by atoms with Gasteiger partial charge >= 0.3 is 0 Å². The molecule has 0 spiro atoms. The van der Waals surface area contributed by atoms with Gasteiger partial charge < -0.3 is 4.74 Å². The molecule has 2 aromatic heterocycles. The molecule has 16 heavy (non-hydrogen) atoms. The van der Waals surface area contributed by atoms with Gasteiger partial charge in [-0.1, -0.05) is 18.2 Å². The van der Waals surface area contributed by atoms with Crippen LogP contribution in [0.4, 0.5) is 0 Å². The van der Waals surface area contributed by atoms with E-state index < -0.39 is 0 Å². The number of ether oxygens (including phenoxy) is 1. The van der Waals surface area contributed by atoms with Gasteiger partial charge in [0.15, 0.2) is 0 Å². The van der Waals surface area contributed by atoms with Crippen molar-refractivity contribution in [3.8, 4) is 5.88 Å². The number of nitrogens with zero attached hydrogens (tertiary/aromatic N) is 2. The van der Waals surface area contributed by atoms with E-state index in [1.807, 2.05) is 30.3 Å². The van der Waals surface area contributed by atoms with Crippen LogP contribution in [0.15, 0.2) is 42.6 Å². The molecule has 0 N–H and O–H groups in total. The Morgan fingerprint density at radius 1 is 0.938 bits per heavy atom. The predicted octanol–water partition coefficient (Wildman–Crippen LogP) is 2.79. The predicted molar refractivity (Wildman–Crippen MR) is 63.6 cm³/mol. The molecule has 0 aliphatic carbocycles. The Morgan fingerprint density at radius 3 is 2.50 bits per heavy atom. The van der Waals surface area contributed by atoms with E-state index in [0.29, 0.717) is 5.88 Å². The van der Waals surface area contributed by atoms with Crippen LogP contribution in [0.2, 0.25) is 0 Å². The summed E-state index contributed by atoms with van der Waals surface area (Å²) in [6, 6.07) is 11.9. The molecule has 3 aromatic rings. The highest BCUT2D eigenvalue weighted by Crippen LogP contribution is 2.23. The number of fused-ring (bicyclic) bond motifs is 3. The maximum atomic E-state index is 5.13. The van der Waals surface area contributed by atoms with Crippen LogP contribution in [0, 0.1) is 0 Å². The normalized spacial score (nSPS) is 10.8. The second-order valence-corrected chi connectivity index (χ2v) is 3.57. The van der Waals surface area contributed by atoms with Crippen molar-refractivity contribution in [2.45, 2.75) is 0 Å². The minimum absolute atomic E-state index is 0.616. The van der Waals surface area contributed by atoms with Gasteiger partial charge in [-0.3, -0.25) is 4.98 Å². The molecular formula is C13H10N2O. The van der Waals surface area contributed by atoms with Crippen molar-refractivity contribution in [1.29, 1.82) is 0 Å². The van der Waals surface area contributed by atoms with E-state index in [4.69, 9.17) is 4.74 Å². The third-order valence-corrected chi connectivity index (χ3v) is 2.62. The van der Waals surface area contributed by atoms with Gasteiger partial charge in [0.1, 0.15) is 5.52 Å². The number of methoxy groups -OCH3 is 1. The molecule has 0 amide bonds. The van der Waals surface area contributed by atoms with Crippen LogP contribution in [-0.4, -0.2) is 17.1 Å². The molecule has 0 unspecified atom stereocenters. The highest BCUT2D eigenvalue weighted by molar-refractivity contribution is 6.02. The van der Waals surface area contributed by atoms with E-state index >= 15 is 0 Å². The fourth-order valence-corrected chi connectivity index (χ4v) is 1.82. The molecule has 3 nitrogen and oxygen atoms in total. The van der Waals surface area contributed by atoms with Crippen molar-refractivity contribution in [2.75, 3.05) is 7.11 Å². The largest absolute Gasteiger partial charge is 0.481 e. The van der Waals surface area contributed by atoms with Gasteiger partial charge in [-0.2, -0.15) is 0 Å². The maximum Gasteiger partial charge on any atom is 0.213 e. The van der Waals surface area contributed by atoms with E-state index in [2.05, 4.69) is 16.0 Å². The standard InChI is InChI=1S/C13H10N2O/c1-16-11-7-6-10-5-4-9-3-2-8-14-12(9)13(10)15-11/h2-8H,1H3. The van der Waals surface area contributed by atoms with Crippen molar-refractivity contribution in [3.63, 3.8) is 0 Å². The molecule has 0 bridgehead atoms. The summed E-state index contributed by atoms with van der Waals surface area (Å²) in [5.74, 6) is 0.616. The molecule has 0 aliphatic rings. The topological polar surface area (TPSA) is 35.0 Å². The van der Waals surface area contributed by atoms with Crippen molar-refractivity contribution < 1.29 is 4.74 Å². The number of hydrogen-bond donors (Lipinski definition) is 0. The van der Waals surface area contributed by atoms with Crippen molar-refractivity contribution in [2.24, 2.45) is 0 Å². The first-order valence-corrected chi connectivity index (χ1v) is 5.07. The van der Waals surface area contributed by atoms with Crippen LogP contribution in [0.25, 0.3) is 21.8 Å². The summed E-state index contributed by atoms with van der Waals surface area (Å²) in [4.78, 5) is 8.80. The summed E-state index contributed by atoms with van der Waals surface area (Å²) < 4.78 is 5.13. The van der Waals surface area contributed by atoms with E-state index in [-0.39, 0.29) is 0 Å². The molecule has 0 saturated carbocycles. The minimum atomic E-state index is 0.616. The Hall–Kier alpha value is -2.16. The summed E-state index contributed by atoms with van der Waals surface area (Å²) in [7, 11) is 1.62. The molecule has 3 rings (SSSR count). The van der Waals surface area contributed by atoms with Crippen LogP contribution >= 0.6 is 0 Å². The van der Waals surface area contributed by atoms with E-state index in [0.717, 1.165) is 21.8 Å². The number of benzene rings is 1.